The van der Waals surface area contributed by atoms with Crippen LogP contribution in [0.2, 0.25) is 0 Å². The summed E-state index contributed by atoms with van der Waals surface area (Å²) in [5, 5.41) is 0. The lowest BCUT2D eigenvalue weighted by Crippen LogP contribution is -2.06. The summed E-state index contributed by atoms with van der Waals surface area (Å²) in [5.74, 6) is -0.104. The Balaban J connectivity index is 2.72. The van der Waals surface area contributed by atoms with Gasteiger partial charge in [0.25, 0.3) is 0 Å². The van der Waals surface area contributed by atoms with Crippen molar-refractivity contribution >= 4 is 0 Å². The minimum absolute atomic E-state index is 0.104. The van der Waals surface area contributed by atoms with Crippen LogP contribution in [-0.2, 0) is 6.54 Å². The Morgan fingerprint density at radius 2 is 2.25 bits per heavy atom. The molecular weight excluding hydrogens is 166 g/mol. The Labute approximate surface area is 68.2 Å². The third kappa shape index (κ3) is 2.43. The van der Waals surface area contributed by atoms with E-state index in [1.54, 1.807) is 12.1 Å². The Bertz CT molecular complexity index is 255. The number of hydrogen-bond donors (Lipinski definition) is 1. The van der Waals surface area contributed by atoms with Gasteiger partial charge in [0.05, 0.1) is 5.69 Å². The van der Waals surface area contributed by atoms with E-state index in [0.717, 1.165) is 0 Å². The Hall–Kier alpha value is -1.23. The van der Waals surface area contributed by atoms with Crippen LogP contribution >= 0.6 is 0 Å². The highest BCUT2D eigenvalue weighted by molar-refractivity contribution is 5.15. The summed E-state index contributed by atoms with van der Waals surface area (Å²) in [6, 6.07) is 4.55. The monoisotopic (exact) mass is 174 g/mol. The molecule has 0 radical (unpaired) electrons. The Morgan fingerprint density at radius 1 is 1.50 bits per heavy atom. The molecule has 0 aromatic carbocycles. The van der Waals surface area contributed by atoms with Gasteiger partial charge in [-0.25, -0.2) is 4.98 Å². The number of nitrogens with two attached hydrogens (primary N) is 1. The topological polar surface area (TPSA) is 48.1 Å². The number of aromatic nitrogens is 1. The largest absolute Gasteiger partial charge is 0.417 e. The molecule has 0 saturated carbocycles. The van der Waals surface area contributed by atoms with Crippen molar-refractivity contribution in [3.63, 3.8) is 0 Å². The maximum atomic E-state index is 11.7. The second-order valence-electron chi connectivity index (χ2n) is 2.05. The minimum Gasteiger partial charge on any atom is -0.417 e. The molecule has 0 fully saturated rings. The van der Waals surface area contributed by atoms with Crippen molar-refractivity contribution in [3.05, 3.63) is 23.9 Å². The van der Waals surface area contributed by atoms with Crippen molar-refractivity contribution in [2.24, 2.45) is 5.73 Å². The smallest absolute Gasteiger partial charge is 0.388 e. The van der Waals surface area contributed by atoms with Crippen LogP contribution in [-0.4, -0.2) is 11.6 Å². The van der Waals surface area contributed by atoms with Gasteiger partial charge < -0.3 is 10.5 Å². The van der Waals surface area contributed by atoms with Gasteiger partial charge in [0.15, 0.2) is 0 Å². The van der Waals surface area contributed by atoms with Crippen LogP contribution in [0.1, 0.15) is 5.69 Å². The molecule has 0 amide bonds. The molecule has 0 unspecified atom stereocenters. The average Bonchev–Trinajstić information content (AvgIpc) is 2.03. The predicted octanol–water partition coefficient (Wildman–Crippen LogP) is 1.14. The normalized spacial score (nSPS) is 10.3. The first-order valence-electron chi connectivity index (χ1n) is 3.33. The molecule has 3 nitrogen and oxygen atoms in total. The van der Waals surface area contributed by atoms with Crippen LogP contribution in [0.3, 0.4) is 0 Å². The average molecular weight is 174 g/mol. The fourth-order valence-corrected chi connectivity index (χ4v) is 0.728. The second kappa shape index (κ2) is 3.96. The lowest BCUT2D eigenvalue weighted by molar-refractivity contribution is -0.0529. The summed E-state index contributed by atoms with van der Waals surface area (Å²) < 4.78 is 27.4. The molecule has 0 saturated heterocycles. The van der Waals surface area contributed by atoms with Gasteiger partial charge in [-0.3, -0.25) is 0 Å². The zero-order valence-electron chi connectivity index (χ0n) is 6.21. The summed E-state index contributed by atoms with van der Waals surface area (Å²) in [6.07, 6.45) is 0. The van der Waals surface area contributed by atoms with E-state index in [1.807, 2.05) is 0 Å². The number of rotatable bonds is 3. The van der Waals surface area contributed by atoms with E-state index in [1.165, 1.54) is 6.07 Å². The number of hydrogen-bond acceptors (Lipinski definition) is 3. The fraction of sp³-hybridized carbons (Fsp3) is 0.286. The number of halogens is 2. The molecule has 2 N–H and O–H groups in total. The van der Waals surface area contributed by atoms with Crippen LogP contribution in [0.5, 0.6) is 5.88 Å². The van der Waals surface area contributed by atoms with Gasteiger partial charge in [-0.15, -0.1) is 0 Å². The van der Waals surface area contributed by atoms with Crippen LogP contribution in [0, 0.1) is 0 Å². The number of alkyl halides is 2. The van der Waals surface area contributed by atoms with Crippen molar-refractivity contribution in [2.75, 3.05) is 0 Å². The van der Waals surface area contributed by atoms with Crippen molar-refractivity contribution in [1.82, 2.24) is 4.98 Å². The highest BCUT2D eigenvalue weighted by Crippen LogP contribution is 2.10. The second-order valence-corrected chi connectivity index (χ2v) is 2.05. The van der Waals surface area contributed by atoms with Gasteiger partial charge in [0.2, 0.25) is 5.88 Å². The SMILES string of the molecule is NCc1cccc(OC(F)F)n1. The fourth-order valence-electron chi connectivity index (χ4n) is 0.728. The quantitative estimate of drug-likeness (QED) is 0.747. The highest BCUT2D eigenvalue weighted by atomic mass is 19.3. The van der Waals surface area contributed by atoms with E-state index in [-0.39, 0.29) is 12.4 Å². The molecule has 0 spiro atoms. The zero-order valence-corrected chi connectivity index (χ0v) is 6.21. The first-order chi connectivity index (χ1) is 5.72. The molecule has 0 aliphatic heterocycles. The summed E-state index contributed by atoms with van der Waals surface area (Å²) in [7, 11) is 0. The van der Waals surface area contributed by atoms with E-state index < -0.39 is 6.61 Å². The van der Waals surface area contributed by atoms with E-state index in [0.29, 0.717) is 5.69 Å². The van der Waals surface area contributed by atoms with Crippen LogP contribution in [0.4, 0.5) is 8.78 Å². The van der Waals surface area contributed by atoms with Gasteiger partial charge in [-0.1, -0.05) is 6.07 Å². The van der Waals surface area contributed by atoms with Gasteiger partial charge in [0, 0.05) is 12.6 Å². The van der Waals surface area contributed by atoms with Crippen molar-refractivity contribution in [3.8, 4) is 5.88 Å². The summed E-state index contributed by atoms with van der Waals surface area (Å²) >= 11 is 0. The molecule has 1 aromatic heterocycles. The van der Waals surface area contributed by atoms with Gasteiger partial charge in [0.1, 0.15) is 0 Å². The van der Waals surface area contributed by atoms with Crippen LogP contribution in [0.25, 0.3) is 0 Å². The van der Waals surface area contributed by atoms with Crippen molar-refractivity contribution < 1.29 is 13.5 Å². The van der Waals surface area contributed by atoms with E-state index in [4.69, 9.17) is 5.73 Å². The zero-order chi connectivity index (χ0) is 8.97. The molecule has 0 bridgehead atoms. The molecule has 1 aromatic rings. The molecule has 1 rings (SSSR count). The van der Waals surface area contributed by atoms with Gasteiger partial charge in [-0.05, 0) is 6.07 Å². The van der Waals surface area contributed by atoms with Crippen LogP contribution < -0.4 is 10.5 Å². The molecular formula is C7H8F2N2O. The maximum Gasteiger partial charge on any atom is 0.388 e. The number of nitrogens with zero attached hydrogens (tertiary/aromatic N) is 1. The van der Waals surface area contributed by atoms with E-state index >= 15 is 0 Å². The van der Waals surface area contributed by atoms with E-state index in [9.17, 15) is 8.78 Å². The Morgan fingerprint density at radius 3 is 2.83 bits per heavy atom. The van der Waals surface area contributed by atoms with Crippen LogP contribution in [0.15, 0.2) is 18.2 Å². The van der Waals surface area contributed by atoms with E-state index in [2.05, 4.69) is 9.72 Å². The molecule has 12 heavy (non-hydrogen) atoms. The first kappa shape index (κ1) is 8.86. The summed E-state index contributed by atoms with van der Waals surface area (Å²) in [5.41, 5.74) is 5.77. The van der Waals surface area contributed by atoms with Gasteiger partial charge >= 0.3 is 6.61 Å². The molecule has 1 heterocycles. The summed E-state index contributed by atoms with van der Waals surface area (Å²) in [4.78, 5) is 3.70. The highest BCUT2D eigenvalue weighted by Gasteiger charge is 2.04. The lowest BCUT2D eigenvalue weighted by Gasteiger charge is -2.03. The lowest BCUT2D eigenvalue weighted by atomic mass is 10.3. The first-order valence-corrected chi connectivity index (χ1v) is 3.33. The molecule has 5 heteroatoms. The standard InChI is InChI=1S/C7H8F2N2O/c8-7(9)12-6-3-1-2-5(4-10)11-6/h1-3,7H,4,10H2. The maximum absolute atomic E-state index is 11.7. The molecule has 66 valence electrons. The number of ether oxygens (including phenoxy) is 1. The Kier molecular flexibility index (Phi) is 2.93. The predicted molar refractivity (Wildman–Crippen MR) is 38.8 cm³/mol. The molecule has 0 aliphatic carbocycles. The molecule has 0 atom stereocenters. The van der Waals surface area contributed by atoms with Crippen molar-refractivity contribution in [2.45, 2.75) is 13.2 Å². The van der Waals surface area contributed by atoms with Crippen molar-refractivity contribution in [1.29, 1.82) is 0 Å². The third-order valence-electron chi connectivity index (χ3n) is 1.20. The van der Waals surface area contributed by atoms with Gasteiger partial charge in [-0.2, -0.15) is 8.78 Å². The molecule has 0 aliphatic rings. The number of pyridine rings is 1. The summed E-state index contributed by atoms with van der Waals surface area (Å²) in [6.45, 7) is -2.63. The minimum atomic E-state index is -2.84. The third-order valence-corrected chi connectivity index (χ3v) is 1.20.